The first-order chi connectivity index (χ1) is 8.24. The molecule has 1 unspecified atom stereocenters. The zero-order valence-electron chi connectivity index (χ0n) is 10.4. The van der Waals surface area contributed by atoms with Crippen LogP contribution in [0.15, 0.2) is 17.2 Å². The van der Waals surface area contributed by atoms with E-state index in [0.717, 1.165) is 19.1 Å². The molecule has 1 atom stereocenters. The van der Waals surface area contributed by atoms with Crippen LogP contribution >= 0.6 is 0 Å². The summed E-state index contributed by atoms with van der Waals surface area (Å²) in [4.78, 5) is 12.0. The fraction of sp³-hybridized carbons (Fsp3) is 0.769. The minimum absolute atomic E-state index is 0.172. The van der Waals surface area contributed by atoms with Crippen molar-refractivity contribution in [2.45, 2.75) is 51.2 Å². The molecule has 94 valence electrons. The highest BCUT2D eigenvalue weighted by molar-refractivity contribution is 4.91. The number of nitrogens with one attached hydrogen (secondary N) is 1. The molecule has 4 nitrogen and oxygen atoms in total. The van der Waals surface area contributed by atoms with Crippen molar-refractivity contribution >= 4 is 0 Å². The Bertz CT molecular complexity index is 440. The molecule has 2 fully saturated rings. The maximum atomic E-state index is 12.0. The van der Waals surface area contributed by atoms with Gasteiger partial charge >= 0.3 is 5.69 Å². The van der Waals surface area contributed by atoms with Crippen LogP contribution in [0.25, 0.3) is 0 Å². The van der Waals surface area contributed by atoms with Gasteiger partial charge < -0.3 is 5.32 Å². The zero-order chi connectivity index (χ0) is 11.8. The summed E-state index contributed by atoms with van der Waals surface area (Å²) in [6, 6.07) is 1.24. The lowest BCUT2D eigenvalue weighted by molar-refractivity contribution is 0.434. The third kappa shape index (κ3) is 2.63. The lowest BCUT2D eigenvalue weighted by Crippen LogP contribution is -2.30. The quantitative estimate of drug-likeness (QED) is 0.809. The first-order valence-corrected chi connectivity index (χ1v) is 6.74. The number of aromatic nitrogens is 2. The normalized spacial score (nSPS) is 21.7. The van der Waals surface area contributed by atoms with Crippen molar-refractivity contribution in [3.63, 3.8) is 0 Å². The summed E-state index contributed by atoms with van der Waals surface area (Å²) in [5.41, 5.74) is 0.172. The van der Waals surface area contributed by atoms with E-state index in [1.165, 1.54) is 25.7 Å². The van der Waals surface area contributed by atoms with E-state index in [1.807, 2.05) is 21.5 Å². The Morgan fingerprint density at radius 2 is 2.12 bits per heavy atom. The number of nitrogens with zero attached hydrogens (tertiary/aromatic N) is 2. The second-order valence-electron chi connectivity index (χ2n) is 5.66. The van der Waals surface area contributed by atoms with Crippen molar-refractivity contribution in [2.75, 3.05) is 6.54 Å². The second-order valence-corrected chi connectivity index (χ2v) is 5.66. The molecule has 0 spiro atoms. The summed E-state index contributed by atoms with van der Waals surface area (Å²) in [7, 11) is 0. The van der Waals surface area contributed by atoms with Crippen molar-refractivity contribution < 1.29 is 0 Å². The molecule has 3 rings (SSSR count). The average molecular weight is 235 g/mol. The van der Waals surface area contributed by atoms with Crippen molar-refractivity contribution in [2.24, 2.45) is 5.92 Å². The molecule has 17 heavy (non-hydrogen) atoms. The molecule has 1 aromatic rings. The van der Waals surface area contributed by atoms with Gasteiger partial charge in [-0.25, -0.2) is 4.79 Å². The first-order valence-electron chi connectivity index (χ1n) is 6.74. The van der Waals surface area contributed by atoms with E-state index in [4.69, 9.17) is 0 Å². The van der Waals surface area contributed by atoms with Crippen LogP contribution in [-0.4, -0.2) is 21.7 Å². The highest BCUT2D eigenvalue weighted by Crippen LogP contribution is 2.33. The van der Waals surface area contributed by atoms with Gasteiger partial charge in [0.15, 0.2) is 0 Å². The topological polar surface area (TPSA) is 39.0 Å². The monoisotopic (exact) mass is 235 g/mol. The molecule has 0 radical (unpaired) electrons. The molecule has 1 heterocycles. The molecule has 0 aromatic carbocycles. The largest absolute Gasteiger partial charge is 0.328 e. The summed E-state index contributed by atoms with van der Waals surface area (Å²) in [5, 5.41) is 3.52. The molecule has 0 amide bonds. The predicted molar refractivity (Wildman–Crippen MR) is 67.2 cm³/mol. The Balaban J connectivity index is 1.57. The van der Waals surface area contributed by atoms with Gasteiger partial charge in [-0.05, 0) is 38.1 Å². The third-order valence-electron chi connectivity index (χ3n) is 3.65. The minimum Gasteiger partial charge on any atom is -0.314 e. The van der Waals surface area contributed by atoms with E-state index in [-0.39, 0.29) is 5.69 Å². The van der Waals surface area contributed by atoms with Gasteiger partial charge in [0, 0.05) is 31.0 Å². The lowest BCUT2D eigenvalue weighted by atomic mass is 10.2. The summed E-state index contributed by atoms with van der Waals surface area (Å²) < 4.78 is 3.75. The van der Waals surface area contributed by atoms with Gasteiger partial charge in [-0.15, -0.1) is 0 Å². The minimum atomic E-state index is 0.172. The van der Waals surface area contributed by atoms with Crippen LogP contribution in [0, 0.1) is 5.92 Å². The Kier molecular flexibility index (Phi) is 2.82. The molecule has 2 aliphatic rings. The third-order valence-corrected chi connectivity index (χ3v) is 3.65. The molecular formula is C13H21N3O. The van der Waals surface area contributed by atoms with E-state index in [9.17, 15) is 4.79 Å². The van der Waals surface area contributed by atoms with Crippen LogP contribution in [-0.2, 0) is 6.54 Å². The smallest absolute Gasteiger partial charge is 0.314 e. The van der Waals surface area contributed by atoms with Crippen LogP contribution in [0.2, 0.25) is 0 Å². The highest BCUT2D eigenvalue weighted by atomic mass is 16.1. The molecule has 0 bridgehead atoms. The summed E-state index contributed by atoms with van der Waals surface area (Å²) in [6.07, 6.45) is 8.87. The number of hydrogen-bond acceptors (Lipinski definition) is 2. The summed E-state index contributed by atoms with van der Waals surface area (Å²) in [5.74, 6) is 0.517. The second kappa shape index (κ2) is 4.33. The molecule has 1 N–H and O–H groups in total. The molecule has 2 saturated carbocycles. The van der Waals surface area contributed by atoms with E-state index in [1.54, 1.807) is 0 Å². The molecular weight excluding hydrogens is 214 g/mol. The Morgan fingerprint density at radius 3 is 2.76 bits per heavy atom. The number of rotatable bonds is 6. The van der Waals surface area contributed by atoms with Gasteiger partial charge in [-0.2, -0.15) is 0 Å². The molecule has 2 aliphatic carbocycles. The fourth-order valence-electron chi connectivity index (χ4n) is 2.25. The molecule has 1 aromatic heterocycles. The van der Waals surface area contributed by atoms with Crippen LogP contribution < -0.4 is 11.0 Å². The molecule has 4 heteroatoms. The maximum absolute atomic E-state index is 12.0. The van der Waals surface area contributed by atoms with E-state index < -0.39 is 0 Å². The van der Waals surface area contributed by atoms with Gasteiger partial charge in [-0.3, -0.25) is 9.13 Å². The average Bonchev–Trinajstić information content (AvgIpc) is 3.20. The summed E-state index contributed by atoms with van der Waals surface area (Å²) >= 11 is 0. The van der Waals surface area contributed by atoms with Gasteiger partial charge in [0.05, 0.1) is 0 Å². The zero-order valence-corrected chi connectivity index (χ0v) is 10.4. The fourth-order valence-corrected chi connectivity index (χ4v) is 2.25. The van der Waals surface area contributed by atoms with Crippen LogP contribution in [0.3, 0.4) is 0 Å². The Labute approximate surface area is 102 Å². The van der Waals surface area contributed by atoms with Crippen LogP contribution in [0.1, 0.15) is 38.6 Å². The van der Waals surface area contributed by atoms with Crippen molar-refractivity contribution in [3.8, 4) is 0 Å². The van der Waals surface area contributed by atoms with Crippen molar-refractivity contribution in [1.29, 1.82) is 0 Å². The van der Waals surface area contributed by atoms with Gasteiger partial charge in [0.1, 0.15) is 0 Å². The van der Waals surface area contributed by atoms with Crippen molar-refractivity contribution in [1.82, 2.24) is 14.5 Å². The van der Waals surface area contributed by atoms with Gasteiger partial charge in [0.25, 0.3) is 0 Å². The van der Waals surface area contributed by atoms with Crippen LogP contribution in [0.5, 0.6) is 0 Å². The van der Waals surface area contributed by atoms with E-state index >= 15 is 0 Å². The Morgan fingerprint density at radius 1 is 1.35 bits per heavy atom. The molecule has 0 saturated heterocycles. The van der Waals surface area contributed by atoms with E-state index in [2.05, 4.69) is 12.2 Å². The number of hydrogen-bond donors (Lipinski definition) is 1. The molecule has 0 aliphatic heterocycles. The van der Waals surface area contributed by atoms with Crippen molar-refractivity contribution in [3.05, 3.63) is 22.9 Å². The number of imidazole rings is 1. The SMILES string of the molecule is CC(CNC1CC1)Cn1ccn(C2CC2)c1=O. The standard InChI is InChI=1S/C13H21N3O/c1-10(8-14-11-2-3-11)9-15-6-7-16(13(15)17)12-4-5-12/h6-7,10-12,14H,2-5,8-9H2,1H3. The first kappa shape index (κ1) is 11.1. The van der Waals surface area contributed by atoms with Crippen LogP contribution in [0.4, 0.5) is 0 Å². The van der Waals surface area contributed by atoms with Gasteiger partial charge in [0.2, 0.25) is 0 Å². The van der Waals surface area contributed by atoms with Gasteiger partial charge in [-0.1, -0.05) is 6.92 Å². The van der Waals surface area contributed by atoms with E-state index in [0.29, 0.717) is 12.0 Å². The lowest BCUT2D eigenvalue weighted by Gasteiger charge is -2.12. The summed E-state index contributed by atoms with van der Waals surface area (Å²) in [6.45, 7) is 4.06. The maximum Gasteiger partial charge on any atom is 0.328 e. The Hall–Kier alpha value is -1.03. The highest BCUT2D eigenvalue weighted by Gasteiger charge is 2.26. The predicted octanol–water partition coefficient (Wildman–Crippen LogP) is 1.37.